The summed E-state index contributed by atoms with van der Waals surface area (Å²) in [5.74, 6) is 0.385. The zero-order chi connectivity index (χ0) is 10.8. The van der Waals surface area contributed by atoms with E-state index >= 15 is 0 Å². The molecule has 15 heavy (non-hydrogen) atoms. The number of rotatable bonds is 2. The van der Waals surface area contributed by atoms with Crippen LogP contribution < -0.4 is 4.74 Å². The molecule has 1 heterocycles. The lowest BCUT2D eigenvalue weighted by atomic mass is 10.1. The SMILES string of the molecule is [CH2]Cc1c(F)cnc2ccc(OC)cc12. The van der Waals surface area contributed by atoms with Gasteiger partial charge in [0.15, 0.2) is 0 Å². The van der Waals surface area contributed by atoms with E-state index in [0.29, 0.717) is 17.7 Å². The first kappa shape index (κ1) is 9.90. The number of methoxy groups -OCH3 is 1. The van der Waals surface area contributed by atoms with Gasteiger partial charge in [0.05, 0.1) is 18.8 Å². The first-order chi connectivity index (χ1) is 7.26. The highest BCUT2D eigenvalue weighted by Gasteiger charge is 2.07. The Morgan fingerprint density at radius 3 is 2.93 bits per heavy atom. The van der Waals surface area contributed by atoms with Crippen LogP contribution in [-0.4, -0.2) is 12.1 Å². The third-order valence-electron chi connectivity index (χ3n) is 2.38. The van der Waals surface area contributed by atoms with E-state index in [-0.39, 0.29) is 5.82 Å². The second-order valence-corrected chi connectivity index (χ2v) is 3.22. The van der Waals surface area contributed by atoms with Crippen molar-refractivity contribution in [2.24, 2.45) is 0 Å². The van der Waals surface area contributed by atoms with Gasteiger partial charge in [0, 0.05) is 5.39 Å². The number of aromatic nitrogens is 1. The van der Waals surface area contributed by atoms with E-state index < -0.39 is 0 Å². The van der Waals surface area contributed by atoms with Crippen molar-refractivity contribution in [3.63, 3.8) is 0 Å². The molecule has 2 nitrogen and oxygen atoms in total. The van der Waals surface area contributed by atoms with Crippen LogP contribution in [0.25, 0.3) is 10.9 Å². The molecule has 2 aromatic rings. The highest BCUT2D eigenvalue weighted by atomic mass is 19.1. The Labute approximate surface area is 87.7 Å². The molecule has 0 atom stereocenters. The number of benzene rings is 1. The third kappa shape index (κ3) is 1.65. The number of hydrogen-bond donors (Lipinski definition) is 0. The summed E-state index contributed by atoms with van der Waals surface area (Å²) >= 11 is 0. The lowest BCUT2D eigenvalue weighted by Gasteiger charge is -2.06. The molecule has 0 saturated heterocycles. The Hall–Kier alpha value is -1.64. The fourth-order valence-electron chi connectivity index (χ4n) is 1.58. The zero-order valence-electron chi connectivity index (χ0n) is 8.46. The maximum Gasteiger partial charge on any atom is 0.145 e. The van der Waals surface area contributed by atoms with Gasteiger partial charge in [-0.1, -0.05) is 0 Å². The molecule has 0 aliphatic carbocycles. The summed E-state index contributed by atoms with van der Waals surface area (Å²) in [5.41, 5.74) is 1.34. The summed E-state index contributed by atoms with van der Waals surface area (Å²) in [7, 11) is 1.58. The molecule has 3 heteroatoms. The summed E-state index contributed by atoms with van der Waals surface area (Å²) < 4.78 is 18.5. The van der Waals surface area contributed by atoms with Gasteiger partial charge in [-0.15, -0.1) is 0 Å². The Morgan fingerprint density at radius 2 is 2.27 bits per heavy atom. The van der Waals surface area contributed by atoms with Crippen molar-refractivity contribution in [1.82, 2.24) is 4.98 Å². The van der Waals surface area contributed by atoms with E-state index in [0.717, 1.165) is 10.9 Å². The minimum Gasteiger partial charge on any atom is -0.497 e. The molecule has 0 aliphatic heterocycles. The molecule has 0 saturated carbocycles. The molecule has 0 N–H and O–H groups in total. The molecule has 0 fully saturated rings. The summed E-state index contributed by atoms with van der Waals surface area (Å²) in [4.78, 5) is 4.01. The molecule has 2 rings (SSSR count). The van der Waals surface area contributed by atoms with Gasteiger partial charge in [-0.3, -0.25) is 4.98 Å². The van der Waals surface area contributed by atoms with E-state index in [2.05, 4.69) is 11.9 Å². The quantitative estimate of drug-likeness (QED) is 0.750. The average Bonchev–Trinajstić information content (AvgIpc) is 2.28. The lowest BCUT2D eigenvalue weighted by molar-refractivity contribution is 0.415. The van der Waals surface area contributed by atoms with Crippen LogP contribution in [0.5, 0.6) is 5.75 Å². The Bertz CT molecular complexity index is 496. The fraction of sp³-hybridized carbons (Fsp3) is 0.167. The number of pyridine rings is 1. The second-order valence-electron chi connectivity index (χ2n) is 3.22. The van der Waals surface area contributed by atoms with Gasteiger partial charge >= 0.3 is 0 Å². The molecule has 0 bridgehead atoms. The van der Waals surface area contributed by atoms with Gasteiger partial charge in [-0.25, -0.2) is 4.39 Å². The molecule has 0 spiro atoms. The standard InChI is InChI=1S/C12H11FNO/c1-3-9-10-6-8(15-2)4-5-12(10)14-7-11(9)13/h4-7H,1,3H2,2H3. The molecule has 0 aliphatic rings. The van der Waals surface area contributed by atoms with Crippen LogP contribution in [0.3, 0.4) is 0 Å². The van der Waals surface area contributed by atoms with E-state index in [1.54, 1.807) is 19.2 Å². The third-order valence-corrected chi connectivity index (χ3v) is 2.38. The summed E-state index contributed by atoms with van der Waals surface area (Å²) in [6, 6.07) is 5.40. The smallest absolute Gasteiger partial charge is 0.145 e. The van der Waals surface area contributed by atoms with Crippen molar-refractivity contribution in [1.29, 1.82) is 0 Å². The maximum atomic E-state index is 13.4. The predicted molar refractivity (Wildman–Crippen MR) is 57.3 cm³/mol. The lowest BCUT2D eigenvalue weighted by Crippen LogP contribution is -1.93. The van der Waals surface area contributed by atoms with Gasteiger partial charge in [-0.2, -0.15) is 0 Å². The van der Waals surface area contributed by atoms with Crippen LogP contribution in [0, 0.1) is 12.7 Å². The Kier molecular flexibility index (Phi) is 2.54. The first-order valence-electron chi connectivity index (χ1n) is 4.66. The Balaban J connectivity index is 2.76. The normalized spacial score (nSPS) is 10.6. The molecule has 1 aromatic heterocycles. The molecule has 77 valence electrons. The minimum absolute atomic E-state index is 0.314. The number of hydrogen-bond acceptors (Lipinski definition) is 2. The summed E-state index contributed by atoms with van der Waals surface area (Å²) in [6.07, 6.45) is 1.63. The number of nitrogens with zero attached hydrogens (tertiary/aromatic N) is 1. The van der Waals surface area contributed by atoms with Gasteiger partial charge in [0.1, 0.15) is 11.6 Å². The molecule has 1 radical (unpaired) electrons. The number of halogens is 1. The minimum atomic E-state index is -0.314. The highest BCUT2D eigenvalue weighted by molar-refractivity contribution is 5.83. The number of fused-ring (bicyclic) bond motifs is 1. The van der Waals surface area contributed by atoms with Gasteiger partial charge in [-0.05, 0) is 37.1 Å². The fourth-order valence-corrected chi connectivity index (χ4v) is 1.58. The van der Waals surface area contributed by atoms with Gasteiger partial charge < -0.3 is 4.74 Å². The van der Waals surface area contributed by atoms with Crippen molar-refractivity contribution < 1.29 is 9.13 Å². The summed E-state index contributed by atoms with van der Waals surface area (Å²) in [5, 5.41) is 0.768. The largest absolute Gasteiger partial charge is 0.497 e. The molecule has 0 unspecified atom stereocenters. The highest BCUT2D eigenvalue weighted by Crippen LogP contribution is 2.24. The monoisotopic (exact) mass is 204 g/mol. The first-order valence-corrected chi connectivity index (χ1v) is 4.66. The molecule has 0 amide bonds. The second kappa shape index (κ2) is 3.85. The van der Waals surface area contributed by atoms with Crippen molar-refractivity contribution >= 4 is 10.9 Å². The molecular weight excluding hydrogens is 193 g/mol. The van der Waals surface area contributed by atoms with Crippen molar-refractivity contribution in [2.45, 2.75) is 6.42 Å². The van der Waals surface area contributed by atoms with Crippen LogP contribution in [0.15, 0.2) is 24.4 Å². The van der Waals surface area contributed by atoms with Crippen LogP contribution in [-0.2, 0) is 6.42 Å². The Morgan fingerprint density at radius 1 is 1.47 bits per heavy atom. The average molecular weight is 204 g/mol. The van der Waals surface area contributed by atoms with Gasteiger partial charge in [0.2, 0.25) is 0 Å². The van der Waals surface area contributed by atoms with Crippen molar-refractivity contribution in [3.05, 3.63) is 42.7 Å². The van der Waals surface area contributed by atoms with Crippen molar-refractivity contribution in [2.75, 3.05) is 7.11 Å². The van der Waals surface area contributed by atoms with E-state index in [1.165, 1.54) is 6.20 Å². The van der Waals surface area contributed by atoms with E-state index in [1.807, 2.05) is 6.07 Å². The summed E-state index contributed by atoms with van der Waals surface area (Å²) in [6.45, 7) is 3.71. The molecular formula is C12H11FNO. The van der Waals surface area contributed by atoms with Gasteiger partial charge in [0.25, 0.3) is 0 Å². The zero-order valence-corrected chi connectivity index (χ0v) is 8.46. The van der Waals surface area contributed by atoms with E-state index in [4.69, 9.17) is 4.74 Å². The van der Waals surface area contributed by atoms with E-state index in [9.17, 15) is 4.39 Å². The van der Waals surface area contributed by atoms with Crippen molar-refractivity contribution in [3.8, 4) is 5.75 Å². The predicted octanol–water partition coefficient (Wildman–Crippen LogP) is 2.76. The topological polar surface area (TPSA) is 22.1 Å². The van der Waals surface area contributed by atoms with Crippen LogP contribution >= 0.6 is 0 Å². The molecule has 1 aromatic carbocycles. The number of ether oxygens (including phenoxy) is 1. The van der Waals surface area contributed by atoms with Crippen LogP contribution in [0.2, 0.25) is 0 Å². The van der Waals surface area contributed by atoms with Crippen LogP contribution in [0.4, 0.5) is 4.39 Å². The van der Waals surface area contributed by atoms with Crippen LogP contribution in [0.1, 0.15) is 5.56 Å². The maximum absolute atomic E-state index is 13.4.